The molecule has 1 N–H and O–H groups in total. The highest BCUT2D eigenvalue weighted by Crippen LogP contribution is 2.40. The van der Waals surface area contributed by atoms with Crippen molar-refractivity contribution in [2.45, 2.75) is 51.0 Å². The predicted molar refractivity (Wildman–Crippen MR) is 58.6 cm³/mol. The van der Waals surface area contributed by atoms with E-state index in [0.29, 0.717) is 12.0 Å². The van der Waals surface area contributed by atoms with E-state index in [1.54, 1.807) is 0 Å². The van der Waals surface area contributed by atoms with Crippen LogP contribution in [0.1, 0.15) is 44.9 Å². The first-order valence-corrected chi connectivity index (χ1v) is 6.15. The Hall–Kier alpha value is -0.730. The monoisotopic (exact) mass is 211 g/mol. The lowest BCUT2D eigenvalue weighted by molar-refractivity contribution is 0.112. The fourth-order valence-corrected chi connectivity index (χ4v) is 3.33. The summed E-state index contributed by atoms with van der Waals surface area (Å²) in [5, 5.41) is 3.01. The van der Waals surface area contributed by atoms with Gasteiger partial charge in [-0.25, -0.2) is 4.79 Å². The summed E-state index contributed by atoms with van der Waals surface area (Å²) in [6.45, 7) is 0. The SMILES string of the molecule is COC(=O)NC1CCCC2CCCCC21. The van der Waals surface area contributed by atoms with E-state index in [0.717, 1.165) is 12.3 Å². The van der Waals surface area contributed by atoms with Crippen molar-refractivity contribution in [3.63, 3.8) is 0 Å². The highest BCUT2D eigenvalue weighted by atomic mass is 16.5. The Balaban J connectivity index is 1.94. The van der Waals surface area contributed by atoms with Gasteiger partial charge in [0.05, 0.1) is 7.11 Å². The zero-order valence-electron chi connectivity index (χ0n) is 9.50. The third-order valence-electron chi connectivity index (χ3n) is 4.06. The maximum Gasteiger partial charge on any atom is 0.407 e. The molecule has 0 aromatic heterocycles. The average Bonchev–Trinajstić information content (AvgIpc) is 2.29. The van der Waals surface area contributed by atoms with E-state index < -0.39 is 0 Å². The van der Waals surface area contributed by atoms with E-state index in [-0.39, 0.29) is 6.09 Å². The summed E-state index contributed by atoms with van der Waals surface area (Å²) in [4.78, 5) is 11.2. The molecular formula is C12H21NO2. The molecule has 0 radical (unpaired) electrons. The molecule has 15 heavy (non-hydrogen) atoms. The molecule has 3 unspecified atom stereocenters. The molecule has 0 aromatic rings. The Bertz CT molecular complexity index is 228. The number of methoxy groups -OCH3 is 1. The van der Waals surface area contributed by atoms with Crippen LogP contribution in [0.4, 0.5) is 4.79 Å². The molecule has 0 saturated heterocycles. The van der Waals surface area contributed by atoms with Crippen molar-refractivity contribution >= 4 is 6.09 Å². The van der Waals surface area contributed by atoms with Crippen LogP contribution in [0.15, 0.2) is 0 Å². The summed E-state index contributed by atoms with van der Waals surface area (Å²) in [6.07, 6.45) is 8.87. The first-order chi connectivity index (χ1) is 7.31. The Kier molecular flexibility index (Phi) is 3.49. The summed E-state index contributed by atoms with van der Waals surface area (Å²) >= 11 is 0. The van der Waals surface area contributed by atoms with E-state index in [4.69, 9.17) is 0 Å². The van der Waals surface area contributed by atoms with Gasteiger partial charge >= 0.3 is 6.09 Å². The van der Waals surface area contributed by atoms with Gasteiger partial charge in [0.2, 0.25) is 0 Å². The van der Waals surface area contributed by atoms with E-state index in [9.17, 15) is 4.79 Å². The highest BCUT2D eigenvalue weighted by molar-refractivity contribution is 5.67. The lowest BCUT2D eigenvalue weighted by Crippen LogP contribution is -2.46. The fraction of sp³-hybridized carbons (Fsp3) is 0.917. The van der Waals surface area contributed by atoms with Crippen LogP contribution in [0, 0.1) is 11.8 Å². The van der Waals surface area contributed by atoms with Gasteiger partial charge in [0.15, 0.2) is 0 Å². The second-order valence-electron chi connectivity index (χ2n) is 4.88. The van der Waals surface area contributed by atoms with Crippen LogP contribution in [0.5, 0.6) is 0 Å². The highest BCUT2D eigenvalue weighted by Gasteiger charge is 2.35. The molecule has 0 aromatic carbocycles. The van der Waals surface area contributed by atoms with Crippen molar-refractivity contribution in [1.29, 1.82) is 0 Å². The van der Waals surface area contributed by atoms with Gasteiger partial charge in [0.25, 0.3) is 0 Å². The molecular weight excluding hydrogens is 190 g/mol. The quantitative estimate of drug-likeness (QED) is 0.724. The van der Waals surface area contributed by atoms with Crippen molar-refractivity contribution in [3.05, 3.63) is 0 Å². The zero-order chi connectivity index (χ0) is 10.7. The van der Waals surface area contributed by atoms with Gasteiger partial charge in [-0.1, -0.05) is 32.1 Å². The van der Waals surface area contributed by atoms with Gasteiger partial charge in [-0.15, -0.1) is 0 Å². The number of carbonyl (C=O) groups excluding carboxylic acids is 1. The van der Waals surface area contributed by atoms with Crippen molar-refractivity contribution in [2.24, 2.45) is 11.8 Å². The molecule has 1 amide bonds. The Morgan fingerprint density at radius 3 is 2.67 bits per heavy atom. The molecule has 3 heteroatoms. The number of carbonyl (C=O) groups is 1. The second-order valence-corrected chi connectivity index (χ2v) is 4.88. The van der Waals surface area contributed by atoms with Gasteiger partial charge in [-0.3, -0.25) is 0 Å². The summed E-state index contributed by atoms with van der Waals surface area (Å²) in [5.74, 6) is 1.57. The number of hydrogen-bond acceptors (Lipinski definition) is 2. The van der Waals surface area contributed by atoms with Crippen LogP contribution in [0.2, 0.25) is 0 Å². The van der Waals surface area contributed by atoms with Gasteiger partial charge in [0, 0.05) is 6.04 Å². The van der Waals surface area contributed by atoms with Crippen LogP contribution in [-0.2, 0) is 4.74 Å². The second kappa shape index (κ2) is 4.86. The maximum absolute atomic E-state index is 11.2. The van der Waals surface area contributed by atoms with E-state index in [1.165, 1.54) is 45.6 Å². The molecule has 0 spiro atoms. The predicted octanol–water partition coefficient (Wildman–Crippen LogP) is 2.70. The molecule has 2 rings (SSSR count). The molecule has 3 nitrogen and oxygen atoms in total. The van der Waals surface area contributed by atoms with Gasteiger partial charge in [-0.05, 0) is 24.7 Å². The smallest absolute Gasteiger partial charge is 0.407 e. The lowest BCUT2D eigenvalue weighted by Gasteiger charge is -2.41. The summed E-state index contributed by atoms with van der Waals surface area (Å²) < 4.78 is 4.68. The number of rotatable bonds is 1. The molecule has 0 aliphatic heterocycles. The van der Waals surface area contributed by atoms with Crippen LogP contribution < -0.4 is 5.32 Å². The van der Waals surface area contributed by atoms with Crippen LogP contribution >= 0.6 is 0 Å². The number of ether oxygens (including phenoxy) is 1. The number of hydrogen-bond donors (Lipinski definition) is 1. The van der Waals surface area contributed by atoms with Gasteiger partial charge in [-0.2, -0.15) is 0 Å². The minimum atomic E-state index is -0.258. The number of alkyl carbamates (subject to hydrolysis) is 1. The third kappa shape index (κ3) is 2.44. The number of amides is 1. The van der Waals surface area contributed by atoms with Crippen LogP contribution in [0.3, 0.4) is 0 Å². The molecule has 2 saturated carbocycles. The van der Waals surface area contributed by atoms with E-state index >= 15 is 0 Å². The van der Waals surface area contributed by atoms with E-state index in [2.05, 4.69) is 10.1 Å². The van der Waals surface area contributed by atoms with E-state index in [1.807, 2.05) is 0 Å². The van der Waals surface area contributed by atoms with Crippen LogP contribution in [0.25, 0.3) is 0 Å². The van der Waals surface area contributed by atoms with Gasteiger partial charge in [0.1, 0.15) is 0 Å². The fourth-order valence-electron chi connectivity index (χ4n) is 3.33. The summed E-state index contributed by atoms with van der Waals surface area (Å²) in [6, 6.07) is 0.372. The summed E-state index contributed by atoms with van der Waals surface area (Å²) in [7, 11) is 1.44. The first kappa shape index (κ1) is 10.8. The van der Waals surface area contributed by atoms with Crippen molar-refractivity contribution in [2.75, 3.05) is 7.11 Å². The Morgan fingerprint density at radius 2 is 1.87 bits per heavy atom. The zero-order valence-corrected chi connectivity index (χ0v) is 9.50. The molecule has 2 aliphatic rings. The first-order valence-electron chi connectivity index (χ1n) is 6.15. The standard InChI is InChI=1S/C12H21NO2/c1-15-12(14)13-11-8-4-6-9-5-2-3-7-10(9)11/h9-11H,2-8H2,1H3,(H,13,14). The van der Waals surface area contributed by atoms with Gasteiger partial charge < -0.3 is 10.1 Å². The summed E-state index contributed by atoms with van der Waals surface area (Å²) in [5.41, 5.74) is 0. The van der Waals surface area contributed by atoms with Crippen molar-refractivity contribution < 1.29 is 9.53 Å². The largest absolute Gasteiger partial charge is 0.453 e. The minimum absolute atomic E-state index is 0.258. The number of nitrogens with one attached hydrogen (secondary N) is 1. The van der Waals surface area contributed by atoms with Crippen LogP contribution in [-0.4, -0.2) is 19.2 Å². The maximum atomic E-state index is 11.2. The van der Waals surface area contributed by atoms with Crippen molar-refractivity contribution in [3.8, 4) is 0 Å². The molecule has 2 aliphatic carbocycles. The third-order valence-corrected chi connectivity index (χ3v) is 4.06. The molecule has 0 heterocycles. The normalized spacial score (nSPS) is 35.4. The topological polar surface area (TPSA) is 38.3 Å². The molecule has 3 atom stereocenters. The van der Waals surface area contributed by atoms with Crippen molar-refractivity contribution in [1.82, 2.24) is 5.32 Å². The minimum Gasteiger partial charge on any atom is -0.453 e. The Morgan fingerprint density at radius 1 is 1.13 bits per heavy atom. The number of fused-ring (bicyclic) bond motifs is 1. The lowest BCUT2D eigenvalue weighted by atomic mass is 9.68. The molecule has 2 fully saturated rings. The molecule has 86 valence electrons. The molecule has 0 bridgehead atoms. The average molecular weight is 211 g/mol. The Labute approximate surface area is 91.6 Å².